The third kappa shape index (κ3) is 6.05. The average molecular weight is 315 g/mol. The first-order valence-electron chi connectivity index (χ1n) is 7.15. The van der Waals surface area contributed by atoms with Gasteiger partial charge >= 0.3 is 0 Å². The van der Waals surface area contributed by atoms with Crippen molar-refractivity contribution in [2.45, 2.75) is 46.1 Å². The first-order valence-corrected chi connectivity index (χ1v) is 7.96. The van der Waals surface area contributed by atoms with Crippen molar-refractivity contribution in [3.8, 4) is 0 Å². The lowest BCUT2D eigenvalue weighted by molar-refractivity contribution is 0.224. The Labute approximate surface area is 133 Å². The molecule has 20 heavy (non-hydrogen) atoms. The van der Waals surface area contributed by atoms with Crippen molar-refractivity contribution >= 4 is 34.7 Å². The van der Waals surface area contributed by atoms with Crippen LogP contribution in [0.1, 0.15) is 40.0 Å². The molecule has 0 aromatic carbocycles. The molecule has 0 saturated heterocycles. The van der Waals surface area contributed by atoms with E-state index in [0.29, 0.717) is 28.7 Å². The molecule has 0 unspecified atom stereocenters. The van der Waals surface area contributed by atoms with Crippen LogP contribution in [0.4, 0.5) is 0 Å². The van der Waals surface area contributed by atoms with Crippen LogP contribution < -0.4 is 21.5 Å². The third-order valence-corrected chi connectivity index (χ3v) is 4.33. The second-order valence-corrected chi connectivity index (χ2v) is 6.55. The number of hydrogen-bond acceptors (Lipinski definition) is 2. The Morgan fingerprint density at radius 1 is 1.15 bits per heavy atom. The van der Waals surface area contributed by atoms with Crippen LogP contribution in [0.2, 0.25) is 0 Å². The lowest BCUT2D eigenvalue weighted by atomic mass is 9.78. The quantitative estimate of drug-likeness (QED) is 0.364. The zero-order valence-corrected chi connectivity index (χ0v) is 14.2. The fourth-order valence-electron chi connectivity index (χ4n) is 2.38. The predicted molar refractivity (Wildman–Crippen MR) is 93.4 cm³/mol. The number of rotatable bonds is 3. The van der Waals surface area contributed by atoms with Gasteiger partial charge in [0.25, 0.3) is 0 Å². The fourth-order valence-corrected chi connectivity index (χ4v) is 2.70. The number of hydrazine groups is 1. The van der Waals surface area contributed by atoms with Crippen molar-refractivity contribution in [3.63, 3.8) is 0 Å². The van der Waals surface area contributed by atoms with Crippen LogP contribution >= 0.6 is 24.4 Å². The highest BCUT2D eigenvalue weighted by Crippen LogP contribution is 2.29. The zero-order valence-electron chi connectivity index (χ0n) is 12.6. The molecule has 0 aromatic heterocycles. The SMILES string of the molecule is C=C(C)CNC(=S)NNC(=S)N[C@@H]1CCC[C@@H](C)[C@@H]1C. The Kier molecular flexibility index (Phi) is 7.23. The van der Waals surface area contributed by atoms with Crippen LogP contribution in [0.5, 0.6) is 0 Å². The van der Waals surface area contributed by atoms with Gasteiger partial charge in [-0.1, -0.05) is 38.8 Å². The van der Waals surface area contributed by atoms with E-state index in [9.17, 15) is 0 Å². The Morgan fingerprint density at radius 3 is 2.45 bits per heavy atom. The first kappa shape index (κ1) is 17.2. The standard InChI is InChI=1S/C14H26N4S2/c1-9(2)8-15-13(19)17-18-14(20)16-12-7-5-6-10(3)11(12)4/h10-12H,1,5-8H2,2-4H3,(H2,15,17,19)(H2,16,18,20)/t10-,11+,12-/m1/s1. The second-order valence-electron chi connectivity index (χ2n) is 5.74. The van der Waals surface area contributed by atoms with Gasteiger partial charge < -0.3 is 10.6 Å². The minimum Gasteiger partial charge on any atom is -0.358 e. The van der Waals surface area contributed by atoms with E-state index < -0.39 is 0 Å². The summed E-state index contributed by atoms with van der Waals surface area (Å²) in [6.07, 6.45) is 3.75. The minimum absolute atomic E-state index is 0.442. The molecule has 6 heteroatoms. The van der Waals surface area contributed by atoms with Crippen LogP contribution in [-0.4, -0.2) is 22.8 Å². The average Bonchev–Trinajstić information content (AvgIpc) is 2.39. The van der Waals surface area contributed by atoms with Gasteiger partial charge in [0.15, 0.2) is 10.2 Å². The summed E-state index contributed by atoms with van der Waals surface area (Å²) in [6.45, 7) is 11.0. The van der Waals surface area contributed by atoms with Gasteiger partial charge in [-0.2, -0.15) is 0 Å². The molecule has 1 rings (SSSR count). The van der Waals surface area contributed by atoms with Crippen molar-refractivity contribution < 1.29 is 0 Å². The molecule has 0 radical (unpaired) electrons. The van der Waals surface area contributed by atoms with Gasteiger partial charge in [0.2, 0.25) is 0 Å². The van der Waals surface area contributed by atoms with Gasteiger partial charge in [0.05, 0.1) is 0 Å². The summed E-state index contributed by atoms with van der Waals surface area (Å²) < 4.78 is 0. The molecule has 0 aromatic rings. The van der Waals surface area contributed by atoms with Crippen LogP contribution in [0, 0.1) is 11.8 Å². The number of nitrogens with one attached hydrogen (secondary N) is 4. The summed E-state index contributed by atoms with van der Waals surface area (Å²) >= 11 is 10.4. The molecule has 0 aliphatic heterocycles. The van der Waals surface area contributed by atoms with Crippen molar-refractivity contribution in [2.24, 2.45) is 11.8 Å². The Bertz CT molecular complexity index is 370. The Balaban J connectivity index is 2.26. The number of hydrogen-bond donors (Lipinski definition) is 4. The van der Waals surface area contributed by atoms with Crippen LogP contribution in [-0.2, 0) is 0 Å². The molecule has 1 fully saturated rings. The summed E-state index contributed by atoms with van der Waals surface area (Å²) in [4.78, 5) is 0. The highest BCUT2D eigenvalue weighted by molar-refractivity contribution is 7.80. The van der Waals surface area contributed by atoms with E-state index in [-0.39, 0.29) is 0 Å². The minimum atomic E-state index is 0.442. The fraction of sp³-hybridized carbons (Fsp3) is 0.714. The molecule has 3 atom stereocenters. The van der Waals surface area contributed by atoms with E-state index in [1.807, 2.05) is 6.92 Å². The van der Waals surface area contributed by atoms with Gasteiger partial charge in [-0.05, 0) is 49.6 Å². The zero-order chi connectivity index (χ0) is 15.1. The maximum Gasteiger partial charge on any atom is 0.185 e. The summed E-state index contributed by atoms with van der Waals surface area (Å²) in [5.74, 6) is 1.38. The normalized spacial score (nSPS) is 25.4. The predicted octanol–water partition coefficient (Wildman–Crippen LogP) is 2.23. The second kappa shape index (κ2) is 8.42. The lowest BCUT2D eigenvalue weighted by Gasteiger charge is -2.35. The summed E-state index contributed by atoms with van der Waals surface area (Å²) in [5.41, 5.74) is 6.83. The molecule has 0 spiro atoms. The van der Waals surface area contributed by atoms with Crippen LogP contribution in [0.3, 0.4) is 0 Å². The maximum atomic E-state index is 5.29. The number of thiocarbonyl (C=S) groups is 2. The van der Waals surface area contributed by atoms with Gasteiger partial charge in [-0.25, -0.2) is 0 Å². The van der Waals surface area contributed by atoms with Crippen molar-refractivity contribution in [2.75, 3.05) is 6.54 Å². The van der Waals surface area contributed by atoms with E-state index >= 15 is 0 Å². The molecule has 1 aliphatic carbocycles. The summed E-state index contributed by atoms with van der Waals surface area (Å²) in [7, 11) is 0. The molecular weight excluding hydrogens is 288 g/mol. The van der Waals surface area contributed by atoms with E-state index in [1.165, 1.54) is 19.3 Å². The van der Waals surface area contributed by atoms with E-state index in [2.05, 4.69) is 41.9 Å². The largest absolute Gasteiger partial charge is 0.358 e. The molecule has 0 heterocycles. The molecule has 1 aliphatic rings. The molecule has 0 amide bonds. The Morgan fingerprint density at radius 2 is 1.80 bits per heavy atom. The highest BCUT2D eigenvalue weighted by Gasteiger charge is 2.27. The summed E-state index contributed by atoms with van der Waals surface area (Å²) in [6, 6.07) is 0.442. The van der Waals surface area contributed by atoms with E-state index in [0.717, 1.165) is 11.5 Å². The monoisotopic (exact) mass is 314 g/mol. The van der Waals surface area contributed by atoms with Crippen LogP contribution in [0.25, 0.3) is 0 Å². The molecular formula is C14H26N4S2. The molecule has 0 bridgehead atoms. The van der Waals surface area contributed by atoms with Crippen molar-refractivity contribution in [1.29, 1.82) is 0 Å². The van der Waals surface area contributed by atoms with Gasteiger partial charge in [-0.3, -0.25) is 10.9 Å². The third-order valence-electron chi connectivity index (χ3n) is 3.86. The smallest absolute Gasteiger partial charge is 0.185 e. The lowest BCUT2D eigenvalue weighted by Crippen LogP contribution is -2.54. The highest BCUT2D eigenvalue weighted by atomic mass is 32.1. The van der Waals surface area contributed by atoms with E-state index in [4.69, 9.17) is 24.4 Å². The van der Waals surface area contributed by atoms with Crippen LogP contribution in [0.15, 0.2) is 12.2 Å². The van der Waals surface area contributed by atoms with E-state index in [1.54, 1.807) is 0 Å². The van der Waals surface area contributed by atoms with Gasteiger partial charge in [-0.15, -0.1) is 0 Å². The van der Waals surface area contributed by atoms with Gasteiger partial charge in [0.1, 0.15) is 0 Å². The molecule has 4 nitrogen and oxygen atoms in total. The maximum absolute atomic E-state index is 5.29. The summed E-state index contributed by atoms with van der Waals surface area (Å²) in [5, 5.41) is 7.51. The Hall–Kier alpha value is -0.880. The van der Waals surface area contributed by atoms with Crippen molar-refractivity contribution in [1.82, 2.24) is 21.5 Å². The van der Waals surface area contributed by atoms with Gasteiger partial charge in [0, 0.05) is 12.6 Å². The first-order chi connectivity index (χ1) is 9.40. The molecule has 114 valence electrons. The molecule has 1 saturated carbocycles. The van der Waals surface area contributed by atoms with Crippen molar-refractivity contribution in [3.05, 3.63) is 12.2 Å². The topological polar surface area (TPSA) is 48.1 Å². The molecule has 4 N–H and O–H groups in total.